The van der Waals surface area contributed by atoms with Gasteiger partial charge < -0.3 is 15.7 Å². The zero-order valence-electron chi connectivity index (χ0n) is 14.5. The topological polar surface area (TPSA) is 78.4 Å². The van der Waals surface area contributed by atoms with Gasteiger partial charge in [-0.25, -0.2) is 13.6 Å². The van der Waals surface area contributed by atoms with Gasteiger partial charge in [0, 0.05) is 11.7 Å². The number of hydrogen-bond acceptors (Lipinski definition) is 2. The summed E-state index contributed by atoms with van der Waals surface area (Å²) in [6, 6.07) is 10.0. The van der Waals surface area contributed by atoms with Crippen molar-refractivity contribution in [3.8, 4) is 11.1 Å². The van der Waals surface area contributed by atoms with E-state index < -0.39 is 17.6 Å². The Morgan fingerprint density at radius 2 is 1.63 bits per heavy atom. The summed E-state index contributed by atoms with van der Waals surface area (Å²) in [5.74, 6) is -2.96. The van der Waals surface area contributed by atoms with E-state index in [1.165, 1.54) is 6.07 Å². The molecule has 0 spiro atoms. The molecule has 142 valence electrons. The number of anilines is 1. The Labute approximate surface area is 155 Å². The van der Waals surface area contributed by atoms with Crippen LogP contribution in [-0.2, 0) is 4.79 Å². The summed E-state index contributed by atoms with van der Waals surface area (Å²) < 4.78 is 26.5. The third-order valence-electron chi connectivity index (χ3n) is 4.79. The van der Waals surface area contributed by atoms with Crippen LogP contribution in [0.3, 0.4) is 0 Å². The molecule has 27 heavy (non-hydrogen) atoms. The highest BCUT2D eigenvalue weighted by Crippen LogP contribution is 2.26. The van der Waals surface area contributed by atoms with Crippen molar-refractivity contribution in [1.29, 1.82) is 0 Å². The minimum absolute atomic E-state index is 0.0602. The van der Waals surface area contributed by atoms with E-state index in [0.717, 1.165) is 12.1 Å². The number of halogens is 2. The molecule has 0 aromatic heterocycles. The van der Waals surface area contributed by atoms with E-state index in [9.17, 15) is 18.4 Å². The van der Waals surface area contributed by atoms with Gasteiger partial charge in [0.2, 0.25) is 0 Å². The van der Waals surface area contributed by atoms with Crippen LogP contribution in [0.15, 0.2) is 42.5 Å². The first kappa shape index (κ1) is 18.8. The highest BCUT2D eigenvalue weighted by Gasteiger charge is 2.26. The Morgan fingerprint density at radius 1 is 0.926 bits per heavy atom. The third kappa shape index (κ3) is 4.81. The van der Waals surface area contributed by atoms with Gasteiger partial charge in [-0.3, -0.25) is 4.79 Å². The van der Waals surface area contributed by atoms with Crippen LogP contribution in [0, 0.1) is 17.6 Å². The molecule has 1 saturated carbocycles. The van der Waals surface area contributed by atoms with E-state index >= 15 is 0 Å². The molecule has 0 radical (unpaired) electrons. The molecular weight excluding hydrogens is 354 g/mol. The van der Waals surface area contributed by atoms with Crippen molar-refractivity contribution >= 4 is 17.7 Å². The summed E-state index contributed by atoms with van der Waals surface area (Å²) in [7, 11) is 0. The van der Waals surface area contributed by atoms with Gasteiger partial charge in [-0.15, -0.1) is 0 Å². The van der Waals surface area contributed by atoms with E-state index in [-0.39, 0.29) is 18.0 Å². The molecule has 3 N–H and O–H groups in total. The van der Waals surface area contributed by atoms with Gasteiger partial charge in [0.05, 0.1) is 5.92 Å². The molecule has 0 unspecified atom stereocenters. The zero-order chi connectivity index (χ0) is 19.4. The maximum Gasteiger partial charge on any atom is 0.319 e. The van der Waals surface area contributed by atoms with Gasteiger partial charge in [-0.05, 0) is 61.1 Å². The SMILES string of the molecule is O=C(Nc1cccc(-c2ccc(F)c(F)c2)c1)NC1CCC(C(=O)O)CC1. The number of carbonyl (C=O) groups is 2. The fraction of sp³-hybridized carbons (Fsp3) is 0.300. The van der Waals surface area contributed by atoms with Crippen molar-refractivity contribution in [2.24, 2.45) is 5.92 Å². The number of amides is 2. The van der Waals surface area contributed by atoms with E-state index in [1.54, 1.807) is 24.3 Å². The second-order valence-electron chi connectivity index (χ2n) is 6.69. The summed E-state index contributed by atoms with van der Waals surface area (Å²) >= 11 is 0. The molecule has 1 aliphatic carbocycles. The number of nitrogens with one attached hydrogen (secondary N) is 2. The number of carboxylic acid groups (broad SMARTS) is 1. The second kappa shape index (κ2) is 8.16. The molecule has 2 amide bonds. The predicted molar refractivity (Wildman–Crippen MR) is 97.3 cm³/mol. The van der Waals surface area contributed by atoms with Gasteiger partial charge in [0.25, 0.3) is 0 Å². The summed E-state index contributed by atoms with van der Waals surface area (Å²) in [5.41, 5.74) is 1.67. The van der Waals surface area contributed by atoms with Crippen LogP contribution in [0.2, 0.25) is 0 Å². The van der Waals surface area contributed by atoms with E-state index in [4.69, 9.17) is 5.11 Å². The number of carbonyl (C=O) groups excluding carboxylic acids is 1. The molecule has 7 heteroatoms. The summed E-state index contributed by atoms with van der Waals surface area (Å²) in [4.78, 5) is 23.2. The van der Waals surface area contributed by atoms with Crippen LogP contribution in [0.5, 0.6) is 0 Å². The zero-order valence-corrected chi connectivity index (χ0v) is 14.5. The lowest BCUT2D eigenvalue weighted by Crippen LogP contribution is -2.40. The highest BCUT2D eigenvalue weighted by molar-refractivity contribution is 5.90. The quantitative estimate of drug-likeness (QED) is 0.742. The number of benzene rings is 2. The molecule has 0 aliphatic heterocycles. The summed E-state index contributed by atoms with van der Waals surface area (Å²) in [5, 5.41) is 14.6. The molecule has 0 atom stereocenters. The summed E-state index contributed by atoms with van der Waals surface area (Å²) in [6.07, 6.45) is 2.34. The Kier molecular flexibility index (Phi) is 5.69. The van der Waals surface area contributed by atoms with Crippen molar-refractivity contribution < 1.29 is 23.5 Å². The fourth-order valence-corrected chi connectivity index (χ4v) is 3.29. The minimum Gasteiger partial charge on any atom is -0.481 e. The maximum absolute atomic E-state index is 13.4. The van der Waals surface area contributed by atoms with E-state index in [2.05, 4.69) is 10.6 Å². The van der Waals surface area contributed by atoms with E-state index in [1.807, 2.05) is 0 Å². The van der Waals surface area contributed by atoms with Gasteiger partial charge in [0.1, 0.15) is 0 Å². The van der Waals surface area contributed by atoms with Crippen LogP contribution >= 0.6 is 0 Å². The number of urea groups is 1. The van der Waals surface area contributed by atoms with Gasteiger partial charge in [0.15, 0.2) is 11.6 Å². The number of carboxylic acids is 1. The van der Waals surface area contributed by atoms with E-state index in [0.29, 0.717) is 42.5 Å². The average molecular weight is 374 g/mol. The largest absolute Gasteiger partial charge is 0.481 e. The first-order chi connectivity index (χ1) is 12.9. The molecule has 5 nitrogen and oxygen atoms in total. The summed E-state index contributed by atoms with van der Waals surface area (Å²) in [6.45, 7) is 0. The number of hydrogen-bond donors (Lipinski definition) is 3. The third-order valence-corrected chi connectivity index (χ3v) is 4.79. The average Bonchev–Trinajstić information content (AvgIpc) is 2.64. The molecule has 0 saturated heterocycles. The van der Waals surface area contributed by atoms with Crippen molar-refractivity contribution in [3.05, 3.63) is 54.1 Å². The molecule has 2 aromatic rings. The van der Waals surface area contributed by atoms with Crippen molar-refractivity contribution in [2.75, 3.05) is 5.32 Å². The minimum atomic E-state index is -0.930. The molecular formula is C20H20F2N2O3. The van der Waals surface area contributed by atoms with Crippen LogP contribution in [0.25, 0.3) is 11.1 Å². The molecule has 0 bridgehead atoms. The fourth-order valence-electron chi connectivity index (χ4n) is 3.29. The Bertz CT molecular complexity index is 849. The first-order valence-corrected chi connectivity index (χ1v) is 8.78. The maximum atomic E-state index is 13.4. The normalized spacial score (nSPS) is 19.3. The van der Waals surface area contributed by atoms with Gasteiger partial charge >= 0.3 is 12.0 Å². The molecule has 1 fully saturated rings. The smallest absolute Gasteiger partial charge is 0.319 e. The van der Waals surface area contributed by atoms with Crippen molar-refractivity contribution in [1.82, 2.24) is 5.32 Å². The predicted octanol–water partition coefficient (Wildman–Crippen LogP) is 4.40. The van der Waals surface area contributed by atoms with Crippen molar-refractivity contribution in [3.63, 3.8) is 0 Å². The lowest BCUT2D eigenvalue weighted by Gasteiger charge is -2.26. The highest BCUT2D eigenvalue weighted by atomic mass is 19.2. The second-order valence-corrected chi connectivity index (χ2v) is 6.69. The van der Waals surface area contributed by atoms with Crippen LogP contribution < -0.4 is 10.6 Å². The molecule has 2 aromatic carbocycles. The standard InChI is InChI=1S/C20H20F2N2O3/c21-17-9-6-14(11-18(17)22)13-2-1-3-16(10-13)24-20(27)23-15-7-4-12(5-8-15)19(25)26/h1-3,6,9-12,15H,4-5,7-8H2,(H,25,26)(H2,23,24,27). The lowest BCUT2D eigenvalue weighted by atomic mass is 9.86. The lowest BCUT2D eigenvalue weighted by molar-refractivity contribution is -0.142. The molecule has 3 rings (SSSR count). The molecule has 0 heterocycles. The Morgan fingerprint density at radius 3 is 2.30 bits per heavy atom. The van der Waals surface area contributed by atoms with Crippen LogP contribution in [0.4, 0.5) is 19.3 Å². The molecule has 1 aliphatic rings. The Hall–Kier alpha value is -2.96. The van der Waals surface area contributed by atoms with Crippen LogP contribution in [-0.4, -0.2) is 23.1 Å². The van der Waals surface area contributed by atoms with Gasteiger partial charge in [-0.1, -0.05) is 18.2 Å². The van der Waals surface area contributed by atoms with Gasteiger partial charge in [-0.2, -0.15) is 0 Å². The Balaban J connectivity index is 1.60. The number of aliphatic carboxylic acids is 1. The first-order valence-electron chi connectivity index (χ1n) is 8.78. The monoisotopic (exact) mass is 374 g/mol. The van der Waals surface area contributed by atoms with Crippen molar-refractivity contribution in [2.45, 2.75) is 31.7 Å². The number of rotatable bonds is 4. The van der Waals surface area contributed by atoms with Crippen LogP contribution in [0.1, 0.15) is 25.7 Å².